The maximum Gasteiger partial charge on any atom is 0.243 e. The highest BCUT2D eigenvalue weighted by Gasteiger charge is 2.32. The van der Waals surface area contributed by atoms with E-state index in [1.807, 2.05) is 38.7 Å². The normalized spacial score (nSPS) is 18.8. The molecule has 2 rings (SSSR count). The van der Waals surface area contributed by atoms with Crippen molar-refractivity contribution in [2.75, 3.05) is 39.3 Å². The number of β-amino-alcohol motifs (C(OH)–C–C–N with tert-alkyl or cyclic N) is 1. The van der Waals surface area contributed by atoms with Gasteiger partial charge in [0.05, 0.1) is 17.6 Å². The molecule has 1 heterocycles. The van der Waals surface area contributed by atoms with Crippen LogP contribution in [0.15, 0.2) is 11.0 Å². The van der Waals surface area contributed by atoms with Gasteiger partial charge >= 0.3 is 0 Å². The molecule has 0 spiro atoms. The minimum atomic E-state index is -3.53. The average Bonchev–Trinajstić information content (AvgIpc) is 2.53. The second-order valence-corrected chi connectivity index (χ2v) is 8.51. The molecule has 1 aromatic rings. The van der Waals surface area contributed by atoms with Gasteiger partial charge in [-0.15, -0.1) is 0 Å². The number of nitrogens with zero attached hydrogens (tertiary/aromatic N) is 2. The summed E-state index contributed by atoms with van der Waals surface area (Å²) in [4.78, 5) is 2.41. The van der Waals surface area contributed by atoms with Crippen LogP contribution in [0.5, 0.6) is 0 Å². The minimum absolute atomic E-state index is 0.278. The SMILES string of the molecule is Cc1cc(C)c(C)c(S(=O)(=O)N2CCN(C[C@@H](O)CO)CC2)c1C. The fourth-order valence-corrected chi connectivity index (χ4v) is 5.20. The van der Waals surface area contributed by atoms with Crippen LogP contribution in [0.4, 0.5) is 0 Å². The number of aryl methyl sites for hydroxylation is 2. The number of benzene rings is 1. The van der Waals surface area contributed by atoms with Crippen molar-refractivity contribution >= 4 is 10.0 Å². The van der Waals surface area contributed by atoms with E-state index in [1.54, 1.807) is 0 Å². The van der Waals surface area contributed by atoms with Gasteiger partial charge in [0.2, 0.25) is 10.0 Å². The minimum Gasteiger partial charge on any atom is -0.394 e. The van der Waals surface area contributed by atoms with Crippen molar-refractivity contribution in [3.8, 4) is 0 Å². The predicted octanol–water partition coefficient (Wildman–Crippen LogP) is 0.580. The Morgan fingerprint density at radius 1 is 1.04 bits per heavy atom. The van der Waals surface area contributed by atoms with Crippen LogP contribution in [0.2, 0.25) is 0 Å². The van der Waals surface area contributed by atoms with Gasteiger partial charge in [-0.05, 0) is 49.9 Å². The molecule has 0 amide bonds. The van der Waals surface area contributed by atoms with Gasteiger partial charge in [-0.1, -0.05) is 6.07 Å². The summed E-state index contributed by atoms with van der Waals surface area (Å²) in [6.07, 6.45) is -0.780. The third-order valence-electron chi connectivity index (χ3n) is 4.91. The van der Waals surface area contributed by atoms with E-state index in [0.717, 1.165) is 22.3 Å². The topological polar surface area (TPSA) is 81.1 Å². The zero-order valence-electron chi connectivity index (χ0n) is 14.9. The van der Waals surface area contributed by atoms with Crippen LogP contribution in [-0.2, 0) is 10.0 Å². The maximum atomic E-state index is 13.1. The van der Waals surface area contributed by atoms with Crippen LogP contribution < -0.4 is 0 Å². The highest BCUT2D eigenvalue weighted by Crippen LogP contribution is 2.29. The Balaban J connectivity index is 2.22. The summed E-state index contributed by atoms with van der Waals surface area (Å²) in [5, 5.41) is 18.4. The van der Waals surface area contributed by atoms with Crippen LogP contribution >= 0.6 is 0 Å². The Morgan fingerprint density at radius 2 is 1.54 bits per heavy atom. The summed E-state index contributed by atoms with van der Waals surface area (Å²) in [5.74, 6) is 0. The van der Waals surface area contributed by atoms with E-state index in [4.69, 9.17) is 5.11 Å². The largest absolute Gasteiger partial charge is 0.394 e. The Bertz CT molecular complexity index is 669. The summed E-state index contributed by atoms with van der Waals surface area (Å²) in [7, 11) is -3.53. The molecule has 1 aromatic carbocycles. The van der Waals surface area contributed by atoms with Gasteiger partial charge in [-0.2, -0.15) is 4.31 Å². The third-order valence-corrected chi connectivity index (χ3v) is 7.08. The zero-order chi connectivity index (χ0) is 18.1. The fourth-order valence-electron chi connectivity index (χ4n) is 3.20. The number of piperazine rings is 1. The lowest BCUT2D eigenvalue weighted by Crippen LogP contribution is -2.50. The van der Waals surface area contributed by atoms with E-state index in [-0.39, 0.29) is 6.61 Å². The van der Waals surface area contributed by atoms with E-state index in [2.05, 4.69) is 0 Å². The first-order chi connectivity index (χ1) is 11.2. The van der Waals surface area contributed by atoms with Crippen LogP contribution in [-0.4, -0.2) is 73.3 Å². The number of hydrogen-bond donors (Lipinski definition) is 2. The van der Waals surface area contributed by atoms with Crippen molar-refractivity contribution in [1.82, 2.24) is 9.21 Å². The van der Waals surface area contributed by atoms with Gasteiger partial charge in [-0.25, -0.2) is 8.42 Å². The number of aliphatic hydroxyl groups is 2. The van der Waals surface area contributed by atoms with Crippen molar-refractivity contribution in [2.24, 2.45) is 0 Å². The summed E-state index contributed by atoms with van der Waals surface area (Å²) < 4.78 is 27.8. The molecule has 0 aliphatic carbocycles. The third kappa shape index (κ3) is 3.81. The van der Waals surface area contributed by atoms with E-state index >= 15 is 0 Å². The lowest BCUT2D eigenvalue weighted by atomic mass is 10.0. The van der Waals surface area contributed by atoms with Gasteiger partial charge in [-0.3, -0.25) is 4.90 Å². The molecule has 24 heavy (non-hydrogen) atoms. The van der Waals surface area contributed by atoms with Crippen molar-refractivity contribution < 1.29 is 18.6 Å². The van der Waals surface area contributed by atoms with Gasteiger partial charge in [0.1, 0.15) is 0 Å². The molecule has 0 bridgehead atoms. The average molecular weight is 356 g/mol. The molecule has 7 heteroatoms. The van der Waals surface area contributed by atoms with Gasteiger partial charge in [0, 0.05) is 32.7 Å². The summed E-state index contributed by atoms with van der Waals surface area (Å²) >= 11 is 0. The highest BCUT2D eigenvalue weighted by atomic mass is 32.2. The van der Waals surface area contributed by atoms with Crippen molar-refractivity contribution in [3.05, 3.63) is 28.3 Å². The first-order valence-electron chi connectivity index (χ1n) is 8.27. The summed E-state index contributed by atoms with van der Waals surface area (Å²) in [6, 6.07) is 2.03. The Labute approximate surface area is 144 Å². The van der Waals surface area contributed by atoms with Crippen molar-refractivity contribution in [1.29, 1.82) is 0 Å². The van der Waals surface area contributed by atoms with Crippen molar-refractivity contribution in [3.63, 3.8) is 0 Å². The van der Waals surface area contributed by atoms with Crippen molar-refractivity contribution in [2.45, 2.75) is 38.7 Å². The zero-order valence-corrected chi connectivity index (χ0v) is 15.7. The fraction of sp³-hybridized carbons (Fsp3) is 0.647. The Kier molecular flexibility index (Phi) is 6.04. The number of sulfonamides is 1. The molecule has 136 valence electrons. The van der Waals surface area contributed by atoms with Gasteiger partial charge < -0.3 is 10.2 Å². The molecule has 1 aliphatic rings. The molecule has 0 aromatic heterocycles. The molecule has 6 nitrogen and oxygen atoms in total. The van der Waals surface area contributed by atoms with E-state index in [9.17, 15) is 13.5 Å². The molecule has 0 saturated carbocycles. The molecular formula is C17H28N2O4S. The maximum absolute atomic E-state index is 13.1. The Morgan fingerprint density at radius 3 is 2.00 bits per heavy atom. The van der Waals surface area contributed by atoms with Crippen LogP contribution in [0.3, 0.4) is 0 Å². The van der Waals surface area contributed by atoms with E-state index < -0.39 is 16.1 Å². The van der Waals surface area contributed by atoms with Gasteiger partial charge in [0.15, 0.2) is 0 Å². The van der Waals surface area contributed by atoms with E-state index in [0.29, 0.717) is 37.6 Å². The summed E-state index contributed by atoms with van der Waals surface area (Å²) in [5.41, 5.74) is 3.61. The second kappa shape index (κ2) is 7.49. The number of aliphatic hydroxyl groups excluding tert-OH is 2. The number of rotatable bonds is 5. The lowest BCUT2D eigenvalue weighted by molar-refractivity contribution is 0.0491. The Hall–Kier alpha value is -0.990. The quantitative estimate of drug-likeness (QED) is 0.807. The molecule has 1 fully saturated rings. The lowest BCUT2D eigenvalue weighted by Gasteiger charge is -2.35. The standard InChI is InChI=1S/C17H28N2O4S/c1-12-9-13(2)15(4)17(14(12)3)24(22,23)19-7-5-18(6-8-19)10-16(21)11-20/h9,16,20-21H,5-8,10-11H2,1-4H3/t16-/m1/s1. The molecule has 0 radical (unpaired) electrons. The first-order valence-corrected chi connectivity index (χ1v) is 9.71. The molecule has 1 aliphatic heterocycles. The molecule has 0 unspecified atom stereocenters. The molecule has 1 saturated heterocycles. The molecule has 2 N–H and O–H groups in total. The highest BCUT2D eigenvalue weighted by molar-refractivity contribution is 7.89. The predicted molar refractivity (Wildman–Crippen MR) is 93.7 cm³/mol. The molecular weight excluding hydrogens is 328 g/mol. The smallest absolute Gasteiger partial charge is 0.243 e. The first kappa shape index (κ1) is 19.3. The van der Waals surface area contributed by atoms with Crippen LogP contribution in [0.1, 0.15) is 22.3 Å². The van der Waals surface area contributed by atoms with E-state index in [1.165, 1.54) is 4.31 Å². The van der Waals surface area contributed by atoms with Crippen LogP contribution in [0.25, 0.3) is 0 Å². The summed E-state index contributed by atoms with van der Waals surface area (Å²) in [6.45, 7) is 9.59. The van der Waals surface area contributed by atoms with Crippen LogP contribution in [0, 0.1) is 27.7 Å². The monoisotopic (exact) mass is 356 g/mol. The second-order valence-electron chi connectivity index (χ2n) is 6.63. The number of hydrogen-bond acceptors (Lipinski definition) is 5. The molecule has 1 atom stereocenters. The van der Waals surface area contributed by atoms with Gasteiger partial charge in [0.25, 0.3) is 0 Å².